The highest BCUT2D eigenvalue weighted by atomic mass is 16.3. The first kappa shape index (κ1) is 15.0. The molecule has 1 heterocycles. The maximum atomic E-state index is 8.95. The van der Waals surface area contributed by atoms with Crippen LogP contribution in [0.2, 0.25) is 0 Å². The summed E-state index contributed by atoms with van der Waals surface area (Å²) in [7, 11) is 0. The molecule has 1 saturated heterocycles. The van der Waals surface area contributed by atoms with Crippen molar-refractivity contribution in [1.82, 2.24) is 9.80 Å². The zero-order valence-electron chi connectivity index (χ0n) is 11.8. The molecule has 0 saturated carbocycles. The summed E-state index contributed by atoms with van der Waals surface area (Å²) in [4.78, 5) is 4.62. The summed E-state index contributed by atoms with van der Waals surface area (Å²) in [6.45, 7) is 5.65. The first-order valence-electron chi connectivity index (χ1n) is 7.15. The van der Waals surface area contributed by atoms with Crippen LogP contribution in [0.3, 0.4) is 0 Å². The molecule has 5 heteroatoms. The van der Waals surface area contributed by atoms with E-state index in [-0.39, 0.29) is 18.4 Å². The Bertz CT molecular complexity index is 415. The highest BCUT2D eigenvalue weighted by Crippen LogP contribution is 2.17. The molecule has 1 fully saturated rings. The molecule has 0 spiro atoms. The van der Waals surface area contributed by atoms with E-state index in [2.05, 4.69) is 9.80 Å². The Morgan fingerprint density at radius 3 is 2.30 bits per heavy atom. The fourth-order valence-electron chi connectivity index (χ4n) is 2.66. The normalized spacial score (nSPS) is 18.9. The number of hydrogen-bond acceptors (Lipinski definition) is 4. The third-order valence-corrected chi connectivity index (χ3v) is 3.90. The van der Waals surface area contributed by atoms with Crippen molar-refractivity contribution >= 4 is 5.84 Å². The van der Waals surface area contributed by atoms with Crippen LogP contribution in [0, 0.1) is 5.41 Å². The van der Waals surface area contributed by atoms with Gasteiger partial charge in [-0.25, -0.2) is 0 Å². The van der Waals surface area contributed by atoms with Gasteiger partial charge in [-0.3, -0.25) is 15.2 Å². The van der Waals surface area contributed by atoms with Crippen molar-refractivity contribution < 1.29 is 5.11 Å². The van der Waals surface area contributed by atoms with E-state index in [0.29, 0.717) is 0 Å². The van der Waals surface area contributed by atoms with Gasteiger partial charge in [0, 0.05) is 39.3 Å². The van der Waals surface area contributed by atoms with Crippen LogP contribution in [0.5, 0.6) is 0 Å². The Labute approximate surface area is 120 Å². The summed E-state index contributed by atoms with van der Waals surface area (Å²) in [5, 5.41) is 16.8. The SMILES string of the molecule is N=C(N)C(CN1CCN(CCO)CC1)c1ccccc1. The number of nitrogens with zero attached hydrogens (tertiary/aromatic N) is 2. The van der Waals surface area contributed by atoms with Crippen molar-refractivity contribution in [3.05, 3.63) is 35.9 Å². The van der Waals surface area contributed by atoms with Gasteiger partial charge in [0.05, 0.1) is 18.4 Å². The fraction of sp³-hybridized carbons (Fsp3) is 0.533. The van der Waals surface area contributed by atoms with E-state index in [9.17, 15) is 0 Å². The van der Waals surface area contributed by atoms with Gasteiger partial charge in [0.25, 0.3) is 0 Å². The van der Waals surface area contributed by atoms with E-state index in [1.54, 1.807) is 0 Å². The Morgan fingerprint density at radius 2 is 1.75 bits per heavy atom. The number of hydrogen-bond donors (Lipinski definition) is 3. The molecule has 1 aromatic rings. The minimum Gasteiger partial charge on any atom is -0.395 e. The van der Waals surface area contributed by atoms with Gasteiger partial charge in [0.1, 0.15) is 0 Å². The predicted molar refractivity (Wildman–Crippen MR) is 81.1 cm³/mol. The van der Waals surface area contributed by atoms with E-state index in [1.807, 2.05) is 30.3 Å². The Kier molecular flexibility index (Phi) is 5.52. The van der Waals surface area contributed by atoms with Gasteiger partial charge in [-0.1, -0.05) is 30.3 Å². The smallest absolute Gasteiger partial charge is 0.0995 e. The number of aliphatic hydroxyl groups is 1. The molecule has 1 atom stereocenters. The summed E-state index contributed by atoms with van der Waals surface area (Å²) >= 11 is 0. The molecule has 1 aromatic carbocycles. The summed E-state index contributed by atoms with van der Waals surface area (Å²) in [6.07, 6.45) is 0. The number of rotatable bonds is 6. The fourth-order valence-corrected chi connectivity index (χ4v) is 2.66. The van der Waals surface area contributed by atoms with Crippen LogP contribution in [-0.2, 0) is 0 Å². The highest BCUT2D eigenvalue weighted by Gasteiger charge is 2.22. The van der Waals surface area contributed by atoms with Gasteiger partial charge >= 0.3 is 0 Å². The minimum atomic E-state index is -0.0272. The van der Waals surface area contributed by atoms with Crippen LogP contribution in [0.15, 0.2) is 30.3 Å². The molecule has 1 aliphatic heterocycles. The maximum Gasteiger partial charge on any atom is 0.0995 e. The molecule has 0 radical (unpaired) electrons. The molecule has 0 aromatic heterocycles. The van der Waals surface area contributed by atoms with E-state index < -0.39 is 0 Å². The van der Waals surface area contributed by atoms with E-state index in [0.717, 1.165) is 44.8 Å². The van der Waals surface area contributed by atoms with Crippen LogP contribution in [0.25, 0.3) is 0 Å². The molecule has 0 aliphatic carbocycles. The molecule has 110 valence electrons. The Hall–Kier alpha value is -1.43. The summed E-state index contributed by atoms with van der Waals surface area (Å²) in [6, 6.07) is 10.0. The molecule has 0 bridgehead atoms. The predicted octanol–water partition coefficient (Wildman–Crippen LogP) is 0.316. The van der Waals surface area contributed by atoms with E-state index in [1.165, 1.54) is 0 Å². The molecule has 5 nitrogen and oxygen atoms in total. The lowest BCUT2D eigenvalue weighted by Gasteiger charge is -2.36. The molecular weight excluding hydrogens is 252 g/mol. The van der Waals surface area contributed by atoms with Crippen molar-refractivity contribution in [3.8, 4) is 0 Å². The maximum absolute atomic E-state index is 8.95. The van der Waals surface area contributed by atoms with Gasteiger partial charge in [-0.05, 0) is 5.56 Å². The number of β-amino-alcohol motifs (C(OH)–C–C–N with tert-alkyl or cyclic N) is 1. The van der Waals surface area contributed by atoms with Gasteiger partial charge in [0.2, 0.25) is 0 Å². The molecule has 20 heavy (non-hydrogen) atoms. The summed E-state index contributed by atoms with van der Waals surface area (Å²) < 4.78 is 0. The largest absolute Gasteiger partial charge is 0.395 e. The van der Waals surface area contributed by atoms with Crippen molar-refractivity contribution in [1.29, 1.82) is 5.41 Å². The molecule has 1 unspecified atom stereocenters. The number of nitrogens with one attached hydrogen (secondary N) is 1. The third-order valence-electron chi connectivity index (χ3n) is 3.90. The first-order valence-corrected chi connectivity index (χ1v) is 7.15. The number of benzene rings is 1. The third kappa shape index (κ3) is 4.03. The average Bonchev–Trinajstić information content (AvgIpc) is 2.47. The number of nitrogens with two attached hydrogens (primary N) is 1. The highest BCUT2D eigenvalue weighted by molar-refractivity contribution is 5.84. The molecule has 2 rings (SSSR count). The van der Waals surface area contributed by atoms with Gasteiger partial charge in [0.15, 0.2) is 0 Å². The van der Waals surface area contributed by atoms with Crippen LogP contribution < -0.4 is 5.73 Å². The summed E-state index contributed by atoms with van der Waals surface area (Å²) in [5.74, 6) is 0.203. The summed E-state index contributed by atoms with van der Waals surface area (Å²) in [5.41, 5.74) is 6.88. The molecule has 4 N–H and O–H groups in total. The van der Waals surface area contributed by atoms with E-state index in [4.69, 9.17) is 16.2 Å². The lowest BCUT2D eigenvalue weighted by Crippen LogP contribution is -2.49. The van der Waals surface area contributed by atoms with Crippen molar-refractivity contribution in [2.45, 2.75) is 5.92 Å². The first-order chi connectivity index (χ1) is 9.70. The Balaban J connectivity index is 1.92. The average molecular weight is 276 g/mol. The minimum absolute atomic E-state index is 0.0272. The van der Waals surface area contributed by atoms with Crippen LogP contribution in [0.1, 0.15) is 11.5 Å². The van der Waals surface area contributed by atoms with Crippen molar-refractivity contribution in [2.75, 3.05) is 45.9 Å². The van der Waals surface area contributed by atoms with E-state index >= 15 is 0 Å². The van der Waals surface area contributed by atoms with Crippen molar-refractivity contribution in [3.63, 3.8) is 0 Å². The number of aliphatic hydroxyl groups excluding tert-OH is 1. The standard InChI is InChI=1S/C15H24N4O/c16-15(17)14(13-4-2-1-3-5-13)12-19-8-6-18(7-9-19)10-11-20/h1-5,14,20H,6-12H2,(H3,16,17). The molecule has 1 aliphatic rings. The zero-order valence-corrected chi connectivity index (χ0v) is 11.8. The lowest BCUT2D eigenvalue weighted by atomic mass is 9.97. The van der Waals surface area contributed by atoms with Gasteiger partial charge in [-0.15, -0.1) is 0 Å². The van der Waals surface area contributed by atoms with Crippen LogP contribution in [-0.4, -0.2) is 66.6 Å². The monoisotopic (exact) mass is 276 g/mol. The van der Waals surface area contributed by atoms with Gasteiger partial charge in [-0.2, -0.15) is 0 Å². The van der Waals surface area contributed by atoms with Crippen molar-refractivity contribution in [2.24, 2.45) is 5.73 Å². The Morgan fingerprint density at radius 1 is 1.15 bits per heavy atom. The quantitative estimate of drug-likeness (QED) is 0.516. The second kappa shape index (κ2) is 7.38. The molecular formula is C15H24N4O. The van der Waals surface area contributed by atoms with Crippen LogP contribution >= 0.6 is 0 Å². The zero-order chi connectivity index (χ0) is 14.4. The van der Waals surface area contributed by atoms with Gasteiger partial charge < -0.3 is 10.8 Å². The topological polar surface area (TPSA) is 76.6 Å². The van der Waals surface area contributed by atoms with Crippen LogP contribution in [0.4, 0.5) is 0 Å². The number of amidine groups is 1. The molecule has 0 amide bonds. The number of piperazine rings is 1. The second-order valence-corrected chi connectivity index (χ2v) is 5.28. The lowest BCUT2D eigenvalue weighted by molar-refractivity contribution is 0.112. The second-order valence-electron chi connectivity index (χ2n) is 5.28.